The number of amides is 1. The van der Waals surface area contributed by atoms with Gasteiger partial charge < -0.3 is 19.7 Å². The number of rotatable bonds is 3. The highest BCUT2D eigenvalue weighted by atomic mass is 35.5. The van der Waals surface area contributed by atoms with Gasteiger partial charge in [0.05, 0.1) is 12.1 Å². The van der Waals surface area contributed by atoms with Crippen LogP contribution in [0.2, 0.25) is 5.28 Å². The van der Waals surface area contributed by atoms with Crippen LogP contribution in [-0.4, -0.2) is 43.3 Å². The lowest BCUT2D eigenvalue weighted by molar-refractivity contribution is 0.0494. The van der Waals surface area contributed by atoms with Crippen molar-refractivity contribution in [3.63, 3.8) is 0 Å². The third-order valence-electron chi connectivity index (χ3n) is 4.28. The molecule has 0 aromatic carbocycles. The second kappa shape index (κ2) is 6.75. The molecule has 8 nitrogen and oxygen atoms in total. The van der Waals surface area contributed by atoms with Crippen molar-refractivity contribution in [1.29, 1.82) is 0 Å². The molecule has 0 spiro atoms. The molecule has 2 aromatic heterocycles. The van der Waals surface area contributed by atoms with Crippen LogP contribution >= 0.6 is 11.6 Å². The van der Waals surface area contributed by atoms with Crippen LogP contribution in [0.25, 0.3) is 11.0 Å². The van der Waals surface area contributed by atoms with Gasteiger partial charge in [0.25, 0.3) is 0 Å². The average Bonchev–Trinajstić information content (AvgIpc) is 3.08. The van der Waals surface area contributed by atoms with E-state index in [1.165, 1.54) is 12.3 Å². The molecule has 2 N–H and O–H groups in total. The van der Waals surface area contributed by atoms with E-state index in [0.29, 0.717) is 17.5 Å². The summed E-state index contributed by atoms with van der Waals surface area (Å²) in [5.41, 5.74) is -0.0598. The lowest BCUT2D eigenvalue weighted by atomic mass is 10.1. The van der Waals surface area contributed by atoms with Crippen molar-refractivity contribution in [3.8, 4) is 0 Å². The molecule has 0 bridgehead atoms. The minimum Gasteiger partial charge on any atom is -0.477 e. The van der Waals surface area contributed by atoms with E-state index in [1.807, 2.05) is 0 Å². The lowest BCUT2D eigenvalue weighted by Crippen LogP contribution is -2.41. The number of nitrogens with one attached hydrogen (secondary N) is 1. The van der Waals surface area contributed by atoms with Crippen LogP contribution in [0.5, 0.6) is 0 Å². The van der Waals surface area contributed by atoms with E-state index >= 15 is 0 Å². The lowest BCUT2D eigenvalue weighted by Gasteiger charge is -2.26. The Bertz CT molecular complexity index is 858. The molecule has 1 aliphatic carbocycles. The van der Waals surface area contributed by atoms with Gasteiger partial charge in [-0.3, -0.25) is 0 Å². The molecular weight excluding hydrogens is 360 g/mol. The van der Waals surface area contributed by atoms with E-state index in [0.717, 1.165) is 12.8 Å². The Hall–Kier alpha value is -2.35. The Morgan fingerprint density at radius 3 is 2.77 bits per heavy atom. The minimum absolute atomic E-state index is 0.0448. The zero-order valence-electron chi connectivity index (χ0n) is 14.8. The number of aromatic nitrogens is 3. The smallest absolute Gasteiger partial charge is 0.407 e. The van der Waals surface area contributed by atoms with E-state index in [9.17, 15) is 14.7 Å². The number of halogens is 1. The first kappa shape index (κ1) is 18.4. The van der Waals surface area contributed by atoms with Crippen molar-refractivity contribution >= 4 is 34.7 Å². The van der Waals surface area contributed by atoms with Gasteiger partial charge in [0.1, 0.15) is 16.9 Å². The molecule has 1 saturated carbocycles. The van der Waals surface area contributed by atoms with Gasteiger partial charge in [-0.05, 0) is 57.7 Å². The van der Waals surface area contributed by atoms with Gasteiger partial charge in [-0.1, -0.05) is 0 Å². The number of hydrogen-bond donors (Lipinski definition) is 2. The van der Waals surface area contributed by atoms with Crippen molar-refractivity contribution in [3.05, 3.63) is 23.2 Å². The van der Waals surface area contributed by atoms with Crippen molar-refractivity contribution in [2.75, 3.05) is 0 Å². The number of alkyl carbamates (subject to hydrolysis) is 1. The van der Waals surface area contributed by atoms with Crippen LogP contribution in [-0.2, 0) is 4.74 Å². The van der Waals surface area contributed by atoms with Crippen LogP contribution in [0.15, 0.2) is 12.3 Å². The number of fused-ring (bicyclic) bond motifs is 1. The molecule has 140 valence electrons. The quantitative estimate of drug-likeness (QED) is 0.790. The van der Waals surface area contributed by atoms with Gasteiger partial charge >= 0.3 is 12.1 Å². The summed E-state index contributed by atoms with van der Waals surface area (Å²) in [7, 11) is 0. The SMILES string of the molecule is CC(C)(C)OC(=O)NC1CCC[C@@H]1n1c(C(=O)O)cc2cnc(Cl)nc21. The van der Waals surface area contributed by atoms with Gasteiger partial charge in [-0.15, -0.1) is 0 Å². The van der Waals surface area contributed by atoms with E-state index in [-0.39, 0.29) is 23.1 Å². The van der Waals surface area contributed by atoms with Crippen molar-refractivity contribution in [2.45, 2.75) is 57.7 Å². The maximum Gasteiger partial charge on any atom is 0.407 e. The molecule has 0 saturated heterocycles. The maximum atomic E-state index is 12.2. The number of carboxylic acid groups (broad SMARTS) is 1. The molecule has 0 radical (unpaired) electrons. The number of nitrogens with zero attached hydrogens (tertiary/aromatic N) is 3. The fraction of sp³-hybridized carbons (Fsp3) is 0.529. The normalized spacial score (nSPS) is 20.3. The summed E-state index contributed by atoms with van der Waals surface area (Å²) >= 11 is 5.91. The van der Waals surface area contributed by atoms with Gasteiger partial charge in [0.15, 0.2) is 0 Å². The first-order valence-corrected chi connectivity index (χ1v) is 8.80. The zero-order chi connectivity index (χ0) is 19.1. The average molecular weight is 381 g/mol. The standard InChI is InChI=1S/C17H21ClN4O4/c1-17(2,3)26-16(25)20-10-5-4-6-11(10)22-12(14(23)24)7-9-8-19-15(18)21-13(9)22/h7-8,10-11H,4-6H2,1-3H3,(H,20,25)(H,23,24)/t10?,11-/m0/s1. The topological polar surface area (TPSA) is 106 Å². The largest absolute Gasteiger partial charge is 0.477 e. The number of aromatic carboxylic acids is 1. The molecule has 2 aromatic rings. The van der Waals surface area contributed by atoms with Crippen molar-refractivity contribution < 1.29 is 19.4 Å². The third-order valence-corrected chi connectivity index (χ3v) is 4.46. The number of carbonyl (C=O) groups is 2. The third kappa shape index (κ3) is 3.75. The van der Waals surface area contributed by atoms with Gasteiger partial charge in [-0.25, -0.2) is 14.6 Å². The summed E-state index contributed by atoms with van der Waals surface area (Å²) in [5, 5.41) is 13.1. The van der Waals surface area contributed by atoms with Crippen LogP contribution in [0.3, 0.4) is 0 Å². The fourth-order valence-corrected chi connectivity index (χ4v) is 3.49. The minimum atomic E-state index is -1.07. The van der Waals surface area contributed by atoms with Crippen LogP contribution < -0.4 is 5.32 Å². The summed E-state index contributed by atoms with van der Waals surface area (Å²) in [6, 6.07) is 1.01. The van der Waals surface area contributed by atoms with Gasteiger partial charge in [0.2, 0.25) is 5.28 Å². The van der Waals surface area contributed by atoms with E-state index < -0.39 is 17.7 Å². The molecular formula is C17H21ClN4O4. The molecule has 0 aliphatic heterocycles. The van der Waals surface area contributed by atoms with Gasteiger partial charge in [-0.2, -0.15) is 4.98 Å². The van der Waals surface area contributed by atoms with Crippen LogP contribution in [0.4, 0.5) is 4.79 Å². The molecule has 1 amide bonds. The van der Waals surface area contributed by atoms with E-state index in [1.54, 1.807) is 25.3 Å². The summed E-state index contributed by atoms with van der Waals surface area (Å²) in [4.78, 5) is 32.0. The number of ether oxygens (including phenoxy) is 1. The fourth-order valence-electron chi connectivity index (χ4n) is 3.36. The molecule has 1 fully saturated rings. The molecule has 2 atom stereocenters. The molecule has 2 heterocycles. The molecule has 1 aliphatic rings. The zero-order valence-corrected chi connectivity index (χ0v) is 15.6. The Balaban J connectivity index is 1.96. The number of carboxylic acids is 1. The van der Waals surface area contributed by atoms with Crippen LogP contribution in [0, 0.1) is 0 Å². The highest BCUT2D eigenvalue weighted by Gasteiger charge is 2.35. The Morgan fingerprint density at radius 2 is 2.12 bits per heavy atom. The molecule has 9 heteroatoms. The summed E-state index contributed by atoms with van der Waals surface area (Å²) in [5.74, 6) is -1.07. The highest BCUT2D eigenvalue weighted by molar-refractivity contribution is 6.28. The summed E-state index contributed by atoms with van der Waals surface area (Å²) < 4.78 is 6.97. The van der Waals surface area contributed by atoms with Crippen molar-refractivity contribution in [1.82, 2.24) is 19.9 Å². The predicted octanol–water partition coefficient (Wildman–Crippen LogP) is 3.40. The second-order valence-corrected chi connectivity index (χ2v) is 7.71. The Morgan fingerprint density at radius 1 is 1.38 bits per heavy atom. The van der Waals surface area contributed by atoms with Gasteiger partial charge in [0, 0.05) is 11.6 Å². The Labute approximate surface area is 155 Å². The first-order valence-electron chi connectivity index (χ1n) is 8.42. The molecule has 3 rings (SSSR count). The monoisotopic (exact) mass is 380 g/mol. The Kier molecular flexibility index (Phi) is 4.79. The van der Waals surface area contributed by atoms with E-state index in [4.69, 9.17) is 16.3 Å². The predicted molar refractivity (Wildman–Crippen MR) is 95.5 cm³/mol. The molecule has 26 heavy (non-hydrogen) atoms. The van der Waals surface area contributed by atoms with Crippen molar-refractivity contribution in [2.24, 2.45) is 0 Å². The number of hydrogen-bond acceptors (Lipinski definition) is 5. The summed E-state index contributed by atoms with van der Waals surface area (Å²) in [6.07, 6.45) is 3.27. The first-order chi connectivity index (χ1) is 12.2. The number of carbonyl (C=O) groups excluding carboxylic acids is 1. The van der Waals surface area contributed by atoms with E-state index in [2.05, 4.69) is 15.3 Å². The van der Waals surface area contributed by atoms with Crippen LogP contribution in [0.1, 0.15) is 56.6 Å². The maximum absolute atomic E-state index is 12.2. The highest BCUT2D eigenvalue weighted by Crippen LogP contribution is 2.35. The second-order valence-electron chi connectivity index (χ2n) is 7.37. The molecule has 1 unspecified atom stereocenters. The summed E-state index contributed by atoms with van der Waals surface area (Å²) in [6.45, 7) is 5.37.